The Labute approximate surface area is 137 Å². The van der Waals surface area contributed by atoms with Crippen molar-refractivity contribution in [1.29, 1.82) is 0 Å². The van der Waals surface area contributed by atoms with Crippen molar-refractivity contribution in [2.45, 2.75) is 26.3 Å². The summed E-state index contributed by atoms with van der Waals surface area (Å²) in [5, 5.41) is 2.49. The Morgan fingerprint density at radius 2 is 1.75 bits per heavy atom. The van der Waals surface area contributed by atoms with Gasteiger partial charge in [-0.25, -0.2) is 0 Å². The largest absolute Gasteiger partial charge is 0.573 e. The number of benzene rings is 2. The summed E-state index contributed by atoms with van der Waals surface area (Å²) in [6, 6.07) is 12.2. The molecule has 1 unspecified atom stereocenters. The minimum atomic E-state index is -4.79. The van der Waals surface area contributed by atoms with E-state index in [-0.39, 0.29) is 5.69 Å². The Balaban J connectivity index is 1.99. The second-order valence-corrected chi connectivity index (χ2v) is 5.14. The van der Waals surface area contributed by atoms with Crippen molar-refractivity contribution in [2.75, 3.05) is 5.32 Å². The number of carbonyl (C=O) groups excluding carboxylic acids is 1. The number of amides is 1. The lowest BCUT2D eigenvalue weighted by Gasteiger charge is -2.16. The molecule has 0 bridgehead atoms. The van der Waals surface area contributed by atoms with E-state index in [4.69, 9.17) is 4.74 Å². The Morgan fingerprint density at radius 1 is 1.08 bits per heavy atom. The summed E-state index contributed by atoms with van der Waals surface area (Å²) in [4.78, 5) is 12.1. The van der Waals surface area contributed by atoms with Crippen LogP contribution in [0.15, 0.2) is 48.5 Å². The predicted molar refractivity (Wildman–Crippen MR) is 83.0 cm³/mol. The number of hydrogen-bond donors (Lipinski definition) is 1. The number of anilines is 1. The lowest BCUT2D eigenvalue weighted by molar-refractivity contribution is -0.274. The van der Waals surface area contributed by atoms with Gasteiger partial charge in [-0.1, -0.05) is 18.2 Å². The highest BCUT2D eigenvalue weighted by Crippen LogP contribution is 2.25. The average molecular weight is 339 g/mol. The van der Waals surface area contributed by atoms with Gasteiger partial charge in [-0.3, -0.25) is 4.79 Å². The summed E-state index contributed by atoms with van der Waals surface area (Å²) in [5.74, 6) is -0.361. The summed E-state index contributed by atoms with van der Waals surface area (Å²) in [6.45, 7) is 3.44. The van der Waals surface area contributed by atoms with Gasteiger partial charge < -0.3 is 14.8 Å². The number of halogens is 3. The van der Waals surface area contributed by atoms with Gasteiger partial charge in [0.25, 0.3) is 5.91 Å². The van der Waals surface area contributed by atoms with E-state index in [0.717, 1.165) is 17.7 Å². The fraction of sp³-hybridized carbons (Fsp3) is 0.235. The van der Waals surface area contributed by atoms with Crippen LogP contribution in [-0.4, -0.2) is 18.4 Å². The number of rotatable bonds is 5. The summed E-state index contributed by atoms with van der Waals surface area (Å²) in [5.41, 5.74) is 1.17. The molecular formula is C17H16F3NO3. The monoisotopic (exact) mass is 339 g/mol. The summed E-state index contributed by atoms with van der Waals surface area (Å²) in [7, 11) is 0. The number of carbonyl (C=O) groups is 1. The first-order valence-corrected chi connectivity index (χ1v) is 7.13. The number of ether oxygens (including phenoxy) is 2. The summed E-state index contributed by atoms with van der Waals surface area (Å²) >= 11 is 0. The van der Waals surface area contributed by atoms with Crippen molar-refractivity contribution in [3.8, 4) is 11.5 Å². The van der Waals surface area contributed by atoms with Gasteiger partial charge in [0.1, 0.15) is 11.5 Å². The van der Waals surface area contributed by atoms with Crippen molar-refractivity contribution in [2.24, 2.45) is 0 Å². The van der Waals surface area contributed by atoms with Gasteiger partial charge in [0.05, 0.1) is 0 Å². The Morgan fingerprint density at radius 3 is 2.42 bits per heavy atom. The molecule has 0 saturated heterocycles. The second-order valence-electron chi connectivity index (χ2n) is 5.14. The van der Waals surface area contributed by atoms with Crippen LogP contribution in [0, 0.1) is 6.92 Å². The minimum absolute atomic E-state index is 0.182. The van der Waals surface area contributed by atoms with Crippen LogP contribution in [-0.2, 0) is 4.79 Å². The van der Waals surface area contributed by atoms with Crippen LogP contribution >= 0.6 is 0 Å². The number of alkyl halides is 3. The van der Waals surface area contributed by atoms with Gasteiger partial charge in [0, 0.05) is 11.8 Å². The molecule has 0 heterocycles. The Hall–Kier alpha value is -2.70. The molecule has 24 heavy (non-hydrogen) atoms. The van der Waals surface area contributed by atoms with Crippen LogP contribution in [0.3, 0.4) is 0 Å². The van der Waals surface area contributed by atoms with Gasteiger partial charge >= 0.3 is 6.36 Å². The minimum Gasteiger partial charge on any atom is -0.481 e. The normalized spacial score (nSPS) is 12.4. The van der Waals surface area contributed by atoms with Crippen LogP contribution in [0.5, 0.6) is 11.5 Å². The van der Waals surface area contributed by atoms with Gasteiger partial charge in [-0.15, -0.1) is 13.2 Å². The Kier molecular flexibility index (Phi) is 5.33. The highest BCUT2D eigenvalue weighted by Gasteiger charge is 2.31. The molecule has 1 amide bonds. The number of nitrogens with one attached hydrogen (secondary N) is 1. The lowest BCUT2D eigenvalue weighted by atomic mass is 10.2. The lowest BCUT2D eigenvalue weighted by Crippen LogP contribution is -2.30. The topological polar surface area (TPSA) is 47.6 Å². The predicted octanol–water partition coefficient (Wildman–Crippen LogP) is 4.30. The van der Waals surface area contributed by atoms with Crippen LogP contribution in [0.25, 0.3) is 0 Å². The molecule has 2 aromatic rings. The van der Waals surface area contributed by atoms with Gasteiger partial charge in [0.15, 0.2) is 6.10 Å². The SMILES string of the molecule is Cc1cccc(OC(C)C(=O)Nc2cccc(OC(F)(F)F)c2)c1. The molecule has 0 aliphatic rings. The molecule has 0 radical (unpaired) electrons. The molecule has 0 saturated carbocycles. The van der Waals surface area contributed by atoms with E-state index in [0.29, 0.717) is 5.75 Å². The van der Waals surface area contributed by atoms with Crippen LogP contribution in [0.2, 0.25) is 0 Å². The maximum atomic E-state index is 12.2. The quantitative estimate of drug-likeness (QED) is 0.883. The molecule has 0 aliphatic carbocycles. The van der Waals surface area contributed by atoms with Crippen LogP contribution in [0.4, 0.5) is 18.9 Å². The maximum Gasteiger partial charge on any atom is 0.573 e. The van der Waals surface area contributed by atoms with Crippen molar-refractivity contribution in [3.63, 3.8) is 0 Å². The van der Waals surface area contributed by atoms with Crippen molar-refractivity contribution in [1.82, 2.24) is 0 Å². The molecule has 0 spiro atoms. The molecular weight excluding hydrogens is 323 g/mol. The zero-order valence-electron chi connectivity index (χ0n) is 13.1. The molecule has 1 N–H and O–H groups in total. The summed E-state index contributed by atoms with van der Waals surface area (Å²) in [6.07, 6.45) is -5.61. The third kappa shape index (κ3) is 5.49. The van der Waals surface area contributed by atoms with E-state index in [2.05, 4.69) is 10.1 Å². The van der Waals surface area contributed by atoms with Gasteiger partial charge in [-0.2, -0.15) is 0 Å². The van der Waals surface area contributed by atoms with E-state index in [1.807, 2.05) is 13.0 Å². The standard InChI is InChI=1S/C17H16F3NO3/c1-11-5-3-7-14(9-11)23-12(2)16(22)21-13-6-4-8-15(10-13)24-17(18,19)20/h3-10,12H,1-2H3,(H,21,22). The summed E-state index contributed by atoms with van der Waals surface area (Å²) < 4.78 is 46.0. The van der Waals surface area contributed by atoms with Gasteiger partial charge in [0.2, 0.25) is 0 Å². The molecule has 4 nitrogen and oxygen atoms in total. The molecule has 1 atom stereocenters. The first-order valence-electron chi connectivity index (χ1n) is 7.13. The van der Waals surface area contributed by atoms with Crippen molar-refractivity contribution >= 4 is 11.6 Å². The van der Waals surface area contributed by atoms with Crippen LogP contribution in [0.1, 0.15) is 12.5 Å². The molecule has 0 fully saturated rings. The van der Waals surface area contributed by atoms with E-state index in [1.165, 1.54) is 12.1 Å². The maximum absolute atomic E-state index is 12.2. The molecule has 2 aromatic carbocycles. The molecule has 128 valence electrons. The first-order chi connectivity index (χ1) is 11.2. The average Bonchev–Trinajstić information content (AvgIpc) is 2.45. The van der Waals surface area contributed by atoms with Gasteiger partial charge in [-0.05, 0) is 43.7 Å². The van der Waals surface area contributed by atoms with E-state index in [9.17, 15) is 18.0 Å². The highest BCUT2D eigenvalue weighted by atomic mass is 19.4. The van der Waals surface area contributed by atoms with Crippen molar-refractivity contribution < 1.29 is 27.4 Å². The fourth-order valence-corrected chi connectivity index (χ4v) is 1.96. The van der Waals surface area contributed by atoms with E-state index >= 15 is 0 Å². The van der Waals surface area contributed by atoms with Crippen LogP contribution < -0.4 is 14.8 Å². The van der Waals surface area contributed by atoms with E-state index in [1.54, 1.807) is 25.1 Å². The van der Waals surface area contributed by atoms with Crippen molar-refractivity contribution in [3.05, 3.63) is 54.1 Å². The third-order valence-electron chi connectivity index (χ3n) is 3.01. The molecule has 0 aliphatic heterocycles. The first kappa shape index (κ1) is 17.7. The number of hydrogen-bond acceptors (Lipinski definition) is 3. The van der Waals surface area contributed by atoms with E-state index < -0.39 is 24.1 Å². The second kappa shape index (κ2) is 7.25. The zero-order chi connectivity index (χ0) is 17.7. The Bertz CT molecular complexity index is 716. The number of aryl methyl sites for hydroxylation is 1. The molecule has 7 heteroatoms. The molecule has 0 aromatic heterocycles. The molecule has 2 rings (SSSR count). The highest BCUT2D eigenvalue weighted by molar-refractivity contribution is 5.94. The smallest absolute Gasteiger partial charge is 0.481 e. The zero-order valence-corrected chi connectivity index (χ0v) is 13.1. The third-order valence-corrected chi connectivity index (χ3v) is 3.01. The fourth-order valence-electron chi connectivity index (χ4n) is 1.96.